The normalized spacial score (nSPS) is 10.8. The Morgan fingerprint density at radius 1 is 1.14 bits per heavy atom. The van der Waals surface area contributed by atoms with Crippen LogP contribution in [0, 0.1) is 0 Å². The summed E-state index contributed by atoms with van der Waals surface area (Å²) in [6.07, 6.45) is 0. The zero-order chi connectivity index (χ0) is 15.7. The van der Waals surface area contributed by atoms with Crippen LogP contribution in [0.1, 0.15) is 17.3 Å². The summed E-state index contributed by atoms with van der Waals surface area (Å²) in [6.45, 7) is 2.22. The van der Waals surface area contributed by atoms with E-state index in [1.54, 1.807) is 18.2 Å². The lowest BCUT2D eigenvalue weighted by Crippen LogP contribution is -2.08. The fourth-order valence-electron chi connectivity index (χ4n) is 2.45. The first kappa shape index (κ1) is 14.1. The molecule has 0 spiro atoms. The highest BCUT2D eigenvalue weighted by Gasteiger charge is 2.18. The van der Waals surface area contributed by atoms with Gasteiger partial charge in [-0.2, -0.15) is 0 Å². The molecular weight excluding hydrogens is 284 g/mol. The third-order valence-corrected chi connectivity index (χ3v) is 3.42. The fraction of sp³-hybridized carbons (Fsp3) is 0.176. The van der Waals surface area contributed by atoms with E-state index in [-0.39, 0.29) is 5.56 Å². The zero-order valence-electron chi connectivity index (χ0n) is 12.2. The van der Waals surface area contributed by atoms with Gasteiger partial charge in [0.1, 0.15) is 16.9 Å². The lowest BCUT2D eigenvalue weighted by Gasteiger charge is -2.11. The van der Waals surface area contributed by atoms with Crippen LogP contribution in [-0.4, -0.2) is 19.7 Å². The maximum Gasteiger partial charge on any atom is 0.344 e. The molecule has 3 rings (SSSR count). The monoisotopic (exact) mass is 298 g/mol. The number of hydrogen-bond acceptors (Lipinski definition) is 5. The van der Waals surface area contributed by atoms with Crippen LogP contribution < -0.4 is 10.4 Å². The molecule has 2 aromatic carbocycles. The topological polar surface area (TPSA) is 65.7 Å². The summed E-state index contributed by atoms with van der Waals surface area (Å²) in [4.78, 5) is 24.1. The number of hydrogen-bond donors (Lipinski definition) is 0. The Morgan fingerprint density at radius 3 is 2.64 bits per heavy atom. The van der Waals surface area contributed by atoms with Gasteiger partial charge in [-0.1, -0.05) is 18.2 Å². The van der Waals surface area contributed by atoms with E-state index in [1.807, 2.05) is 19.1 Å². The molecule has 0 amide bonds. The Labute approximate surface area is 126 Å². The van der Waals surface area contributed by atoms with Crippen LogP contribution in [0.3, 0.4) is 0 Å². The number of carbonyl (C=O) groups excluding carboxylic acids is 1. The minimum atomic E-state index is -0.557. The Bertz CT molecular complexity index is 923. The quantitative estimate of drug-likeness (QED) is 0.422. The molecule has 0 N–H and O–H groups in total. The minimum Gasteiger partial charge on any atom is -0.493 e. The van der Waals surface area contributed by atoms with Gasteiger partial charge in [0.2, 0.25) is 0 Å². The van der Waals surface area contributed by atoms with Crippen molar-refractivity contribution in [2.45, 2.75) is 6.92 Å². The third-order valence-electron chi connectivity index (χ3n) is 3.42. The smallest absolute Gasteiger partial charge is 0.344 e. The summed E-state index contributed by atoms with van der Waals surface area (Å²) in [5.41, 5.74) is 0.203. The Kier molecular flexibility index (Phi) is 3.55. The maximum atomic E-state index is 12.2. The van der Waals surface area contributed by atoms with Crippen molar-refractivity contribution < 1.29 is 18.7 Å². The molecule has 0 fully saturated rings. The van der Waals surface area contributed by atoms with Gasteiger partial charge in [-0.05, 0) is 25.1 Å². The molecule has 0 bridgehead atoms. The van der Waals surface area contributed by atoms with Gasteiger partial charge in [-0.3, -0.25) is 0 Å². The highest BCUT2D eigenvalue weighted by molar-refractivity contribution is 6.08. The molecule has 5 heteroatoms. The molecule has 0 aliphatic carbocycles. The van der Waals surface area contributed by atoms with E-state index >= 15 is 0 Å². The second kappa shape index (κ2) is 5.52. The third kappa shape index (κ3) is 2.20. The number of methoxy groups -OCH3 is 1. The molecule has 3 aromatic rings. The van der Waals surface area contributed by atoms with E-state index in [0.29, 0.717) is 28.7 Å². The first-order valence-corrected chi connectivity index (χ1v) is 6.86. The van der Waals surface area contributed by atoms with Gasteiger partial charge in [0.05, 0.1) is 19.1 Å². The molecule has 0 aliphatic rings. The van der Waals surface area contributed by atoms with Crippen molar-refractivity contribution in [2.24, 2.45) is 0 Å². The molecule has 5 nitrogen and oxygen atoms in total. The van der Waals surface area contributed by atoms with E-state index < -0.39 is 11.6 Å². The molecule has 0 atom stereocenters. The van der Waals surface area contributed by atoms with Gasteiger partial charge in [0, 0.05) is 10.8 Å². The predicted molar refractivity (Wildman–Crippen MR) is 82.5 cm³/mol. The number of esters is 1. The van der Waals surface area contributed by atoms with Gasteiger partial charge in [0.25, 0.3) is 0 Å². The highest BCUT2D eigenvalue weighted by atomic mass is 16.5. The van der Waals surface area contributed by atoms with E-state index in [1.165, 1.54) is 13.2 Å². The Morgan fingerprint density at radius 2 is 1.91 bits per heavy atom. The second-order valence-electron chi connectivity index (χ2n) is 4.70. The zero-order valence-corrected chi connectivity index (χ0v) is 12.2. The maximum absolute atomic E-state index is 12.2. The molecule has 0 aliphatic heterocycles. The summed E-state index contributed by atoms with van der Waals surface area (Å²) < 4.78 is 15.6. The number of rotatable bonds is 3. The van der Waals surface area contributed by atoms with Gasteiger partial charge in [0.15, 0.2) is 0 Å². The molecule has 0 saturated heterocycles. The fourth-order valence-corrected chi connectivity index (χ4v) is 2.45. The van der Waals surface area contributed by atoms with Crippen molar-refractivity contribution in [3.8, 4) is 5.75 Å². The summed E-state index contributed by atoms with van der Waals surface area (Å²) in [7, 11) is 1.28. The molecule has 0 unspecified atom stereocenters. The largest absolute Gasteiger partial charge is 0.493 e. The van der Waals surface area contributed by atoms with Crippen molar-refractivity contribution in [1.82, 2.24) is 0 Å². The van der Waals surface area contributed by atoms with E-state index in [4.69, 9.17) is 13.9 Å². The summed E-state index contributed by atoms with van der Waals surface area (Å²) in [6, 6.07) is 10.4. The summed E-state index contributed by atoms with van der Waals surface area (Å²) >= 11 is 0. The van der Waals surface area contributed by atoms with Gasteiger partial charge < -0.3 is 13.9 Å². The van der Waals surface area contributed by atoms with Gasteiger partial charge in [-0.15, -0.1) is 0 Å². The Hall–Kier alpha value is -2.82. The molecule has 1 heterocycles. The van der Waals surface area contributed by atoms with Crippen LogP contribution >= 0.6 is 0 Å². The molecule has 112 valence electrons. The minimum absolute atomic E-state index is 0.208. The van der Waals surface area contributed by atoms with Crippen molar-refractivity contribution in [3.05, 3.63) is 52.4 Å². The first-order chi connectivity index (χ1) is 10.7. The van der Waals surface area contributed by atoms with Gasteiger partial charge >= 0.3 is 11.6 Å². The van der Waals surface area contributed by atoms with Crippen LogP contribution in [0.5, 0.6) is 5.75 Å². The number of ether oxygens (including phenoxy) is 2. The van der Waals surface area contributed by atoms with Crippen LogP contribution in [0.2, 0.25) is 0 Å². The van der Waals surface area contributed by atoms with Crippen LogP contribution in [0.15, 0.2) is 45.6 Å². The lowest BCUT2D eigenvalue weighted by molar-refractivity contribution is 0.0596. The molecule has 22 heavy (non-hydrogen) atoms. The van der Waals surface area contributed by atoms with Crippen molar-refractivity contribution in [3.63, 3.8) is 0 Å². The highest BCUT2D eigenvalue weighted by Crippen LogP contribution is 2.30. The van der Waals surface area contributed by atoms with Crippen molar-refractivity contribution in [2.75, 3.05) is 13.7 Å². The number of fused-ring (bicyclic) bond motifs is 3. The molecule has 0 radical (unpaired) electrons. The van der Waals surface area contributed by atoms with Crippen LogP contribution in [0.25, 0.3) is 21.7 Å². The predicted octanol–water partition coefficient (Wildman–Crippen LogP) is 3.13. The lowest BCUT2D eigenvalue weighted by atomic mass is 10.0. The van der Waals surface area contributed by atoms with Crippen LogP contribution in [-0.2, 0) is 4.74 Å². The molecule has 1 aromatic heterocycles. The van der Waals surface area contributed by atoms with E-state index in [2.05, 4.69) is 0 Å². The SMILES string of the molecule is CCOc1cc2c(cc1C(=O)OC)c(=O)oc1ccccc12. The van der Waals surface area contributed by atoms with Gasteiger partial charge in [-0.25, -0.2) is 9.59 Å². The summed E-state index contributed by atoms with van der Waals surface area (Å²) in [5, 5.41) is 1.79. The summed E-state index contributed by atoms with van der Waals surface area (Å²) in [5.74, 6) is -0.171. The number of benzene rings is 2. The average Bonchev–Trinajstić information content (AvgIpc) is 2.54. The number of carbonyl (C=O) groups is 1. The van der Waals surface area contributed by atoms with E-state index in [9.17, 15) is 9.59 Å². The Balaban J connectivity index is 2.43. The van der Waals surface area contributed by atoms with E-state index in [0.717, 1.165) is 5.39 Å². The molecule has 0 saturated carbocycles. The first-order valence-electron chi connectivity index (χ1n) is 6.86. The molecular formula is C17H14O5. The standard InChI is InChI=1S/C17H14O5/c1-3-21-15-9-11-10-6-4-5-7-14(10)22-17(19)12(11)8-13(15)16(18)20-2/h4-9H,3H2,1-2H3. The number of para-hydroxylation sites is 1. The van der Waals surface area contributed by atoms with Crippen molar-refractivity contribution in [1.29, 1.82) is 0 Å². The van der Waals surface area contributed by atoms with Crippen LogP contribution in [0.4, 0.5) is 0 Å². The second-order valence-corrected chi connectivity index (χ2v) is 4.70. The van der Waals surface area contributed by atoms with Crippen molar-refractivity contribution >= 4 is 27.7 Å². The average molecular weight is 298 g/mol.